The highest BCUT2D eigenvalue weighted by atomic mass is 16.2. The lowest BCUT2D eigenvalue weighted by atomic mass is 10.1. The molecule has 0 bridgehead atoms. The first kappa shape index (κ1) is 10.8. The maximum absolute atomic E-state index is 12.3. The van der Waals surface area contributed by atoms with Gasteiger partial charge in [-0.3, -0.25) is 4.79 Å². The van der Waals surface area contributed by atoms with Crippen LogP contribution in [-0.4, -0.2) is 29.9 Å². The average Bonchev–Trinajstić information content (AvgIpc) is 2.93. The maximum atomic E-state index is 12.3. The monoisotopic (exact) mass is 230 g/mol. The molecule has 1 aromatic rings. The van der Waals surface area contributed by atoms with Crippen molar-refractivity contribution in [3.05, 3.63) is 35.4 Å². The van der Waals surface area contributed by atoms with Gasteiger partial charge in [-0.05, 0) is 30.4 Å². The fraction of sp³-hybridized carbons (Fsp3) is 0.500. The van der Waals surface area contributed by atoms with E-state index >= 15 is 0 Å². The van der Waals surface area contributed by atoms with Gasteiger partial charge in [-0.2, -0.15) is 0 Å². The number of rotatable bonds is 1. The number of carbonyl (C=O) groups excluding carboxylic acids is 1. The zero-order valence-electron chi connectivity index (χ0n) is 9.93. The number of nitrogens with two attached hydrogens (primary N) is 1. The van der Waals surface area contributed by atoms with Gasteiger partial charge in [-0.1, -0.05) is 24.3 Å². The van der Waals surface area contributed by atoms with Gasteiger partial charge in [0.1, 0.15) is 0 Å². The van der Waals surface area contributed by atoms with Crippen molar-refractivity contribution < 1.29 is 4.79 Å². The molecule has 3 nitrogen and oxygen atoms in total. The summed E-state index contributed by atoms with van der Waals surface area (Å²) in [6.07, 6.45) is 2.76. The van der Waals surface area contributed by atoms with E-state index in [9.17, 15) is 4.79 Å². The normalized spacial score (nSPS) is 24.1. The minimum atomic E-state index is 0.151. The van der Waals surface area contributed by atoms with E-state index in [1.54, 1.807) is 0 Å². The fourth-order valence-corrected chi connectivity index (χ4v) is 2.98. The van der Waals surface area contributed by atoms with Gasteiger partial charge < -0.3 is 10.6 Å². The lowest BCUT2D eigenvalue weighted by Crippen LogP contribution is -2.36. The molecule has 0 saturated carbocycles. The Hall–Kier alpha value is -1.35. The van der Waals surface area contributed by atoms with Crippen LogP contribution >= 0.6 is 0 Å². The zero-order chi connectivity index (χ0) is 11.8. The van der Waals surface area contributed by atoms with Gasteiger partial charge >= 0.3 is 0 Å². The van der Waals surface area contributed by atoms with Crippen LogP contribution in [0.3, 0.4) is 0 Å². The number of amides is 1. The van der Waals surface area contributed by atoms with Gasteiger partial charge in [0.2, 0.25) is 5.91 Å². The molecule has 17 heavy (non-hydrogen) atoms. The molecular weight excluding hydrogens is 212 g/mol. The standard InChI is InChI=1S/C14H18N2O/c15-13-5-6-16(9-13)14(17)12-7-10-3-1-2-4-11(10)8-12/h1-4,12-13H,5-9,15H2. The Morgan fingerprint density at radius 1 is 1.24 bits per heavy atom. The van der Waals surface area contributed by atoms with Gasteiger partial charge in [0, 0.05) is 25.0 Å². The van der Waals surface area contributed by atoms with Crippen molar-refractivity contribution in [2.75, 3.05) is 13.1 Å². The summed E-state index contributed by atoms with van der Waals surface area (Å²) in [4.78, 5) is 14.3. The smallest absolute Gasteiger partial charge is 0.226 e. The largest absolute Gasteiger partial charge is 0.341 e. The van der Waals surface area contributed by atoms with E-state index in [0.717, 1.165) is 32.4 Å². The van der Waals surface area contributed by atoms with Gasteiger partial charge in [0.15, 0.2) is 0 Å². The van der Waals surface area contributed by atoms with Crippen molar-refractivity contribution in [3.8, 4) is 0 Å². The second-order valence-electron chi connectivity index (χ2n) is 5.21. The topological polar surface area (TPSA) is 46.3 Å². The molecule has 1 heterocycles. The Balaban J connectivity index is 1.70. The molecule has 0 radical (unpaired) electrons. The summed E-state index contributed by atoms with van der Waals surface area (Å²) in [6, 6.07) is 8.56. The van der Waals surface area contributed by atoms with Crippen molar-refractivity contribution in [3.63, 3.8) is 0 Å². The molecule has 2 N–H and O–H groups in total. The summed E-state index contributed by atoms with van der Waals surface area (Å²) in [5, 5.41) is 0. The molecule has 1 aromatic carbocycles. The average molecular weight is 230 g/mol. The third-order valence-corrected chi connectivity index (χ3v) is 3.94. The summed E-state index contributed by atoms with van der Waals surface area (Å²) in [5.74, 6) is 0.451. The molecule has 0 aromatic heterocycles. The molecule has 3 heteroatoms. The Morgan fingerprint density at radius 2 is 1.88 bits per heavy atom. The van der Waals surface area contributed by atoms with Crippen LogP contribution in [0.1, 0.15) is 17.5 Å². The molecule has 1 fully saturated rings. The van der Waals surface area contributed by atoms with Gasteiger partial charge in [0.25, 0.3) is 0 Å². The first-order chi connectivity index (χ1) is 8.24. The van der Waals surface area contributed by atoms with E-state index in [1.807, 2.05) is 4.90 Å². The lowest BCUT2D eigenvalue weighted by molar-refractivity contribution is -0.134. The molecule has 1 saturated heterocycles. The van der Waals surface area contributed by atoms with Crippen LogP contribution in [-0.2, 0) is 17.6 Å². The Morgan fingerprint density at radius 3 is 2.41 bits per heavy atom. The van der Waals surface area contributed by atoms with Crippen molar-refractivity contribution in [1.82, 2.24) is 4.90 Å². The number of fused-ring (bicyclic) bond motifs is 1. The van der Waals surface area contributed by atoms with E-state index in [2.05, 4.69) is 24.3 Å². The van der Waals surface area contributed by atoms with Crippen LogP contribution in [0.2, 0.25) is 0 Å². The number of hydrogen-bond donors (Lipinski definition) is 1. The van der Waals surface area contributed by atoms with Crippen molar-refractivity contribution in [2.45, 2.75) is 25.3 Å². The van der Waals surface area contributed by atoms with E-state index in [-0.39, 0.29) is 12.0 Å². The van der Waals surface area contributed by atoms with E-state index in [4.69, 9.17) is 5.73 Å². The van der Waals surface area contributed by atoms with Crippen LogP contribution in [0.25, 0.3) is 0 Å². The maximum Gasteiger partial charge on any atom is 0.226 e. The summed E-state index contributed by atoms with van der Waals surface area (Å²) < 4.78 is 0. The van der Waals surface area contributed by atoms with Gasteiger partial charge in [0.05, 0.1) is 0 Å². The van der Waals surface area contributed by atoms with E-state index in [1.165, 1.54) is 11.1 Å². The zero-order valence-corrected chi connectivity index (χ0v) is 9.93. The van der Waals surface area contributed by atoms with Crippen LogP contribution in [0.15, 0.2) is 24.3 Å². The number of benzene rings is 1. The van der Waals surface area contributed by atoms with E-state index < -0.39 is 0 Å². The van der Waals surface area contributed by atoms with Crippen molar-refractivity contribution in [2.24, 2.45) is 11.7 Å². The molecule has 2 aliphatic rings. The Labute approximate surface area is 102 Å². The van der Waals surface area contributed by atoms with Crippen LogP contribution in [0, 0.1) is 5.92 Å². The van der Waals surface area contributed by atoms with E-state index in [0.29, 0.717) is 5.91 Å². The van der Waals surface area contributed by atoms with Crippen LogP contribution in [0.4, 0.5) is 0 Å². The molecule has 1 atom stereocenters. The van der Waals surface area contributed by atoms with Crippen molar-refractivity contribution >= 4 is 5.91 Å². The third kappa shape index (κ3) is 1.95. The second-order valence-corrected chi connectivity index (χ2v) is 5.21. The quantitative estimate of drug-likeness (QED) is 0.781. The first-order valence-electron chi connectivity index (χ1n) is 6.35. The molecule has 0 spiro atoms. The lowest BCUT2D eigenvalue weighted by Gasteiger charge is -2.19. The minimum Gasteiger partial charge on any atom is -0.341 e. The fourth-order valence-electron chi connectivity index (χ4n) is 2.98. The highest BCUT2D eigenvalue weighted by Gasteiger charge is 2.33. The SMILES string of the molecule is NC1CCN(C(=O)C2Cc3ccccc3C2)C1. The Kier molecular flexibility index (Phi) is 2.63. The summed E-state index contributed by atoms with van der Waals surface area (Å²) in [6.45, 7) is 1.58. The van der Waals surface area contributed by atoms with Crippen LogP contribution in [0.5, 0.6) is 0 Å². The number of likely N-dealkylation sites (tertiary alicyclic amines) is 1. The highest BCUT2D eigenvalue weighted by molar-refractivity contribution is 5.80. The highest BCUT2D eigenvalue weighted by Crippen LogP contribution is 2.28. The summed E-state index contributed by atoms with van der Waals surface area (Å²) in [7, 11) is 0. The number of nitrogens with zero attached hydrogens (tertiary/aromatic N) is 1. The predicted molar refractivity (Wildman–Crippen MR) is 66.5 cm³/mol. The first-order valence-corrected chi connectivity index (χ1v) is 6.35. The summed E-state index contributed by atoms with van der Waals surface area (Å²) in [5.41, 5.74) is 8.54. The van der Waals surface area contributed by atoms with Crippen LogP contribution < -0.4 is 5.73 Å². The number of hydrogen-bond acceptors (Lipinski definition) is 2. The summed E-state index contributed by atoms with van der Waals surface area (Å²) >= 11 is 0. The molecule has 1 amide bonds. The second kappa shape index (κ2) is 4.15. The molecular formula is C14H18N2O. The molecule has 1 aliphatic heterocycles. The van der Waals surface area contributed by atoms with Crippen molar-refractivity contribution in [1.29, 1.82) is 0 Å². The number of carbonyl (C=O) groups is 1. The predicted octanol–water partition coefficient (Wildman–Crippen LogP) is 0.961. The molecule has 1 unspecified atom stereocenters. The third-order valence-electron chi connectivity index (χ3n) is 3.94. The molecule has 90 valence electrons. The minimum absolute atomic E-state index is 0.151. The molecule has 1 aliphatic carbocycles. The molecule has 3 rings (SSSR count). The Bertz CT molecular complexity index is 419. The van der Waals surface area contributed by atoms with Gasteiger partial charge in [-0.25, -0.2) is 0 Å². The van der Waals surface area contributed by atoms with Gasteiger partial charge in [-0.15, -0.1) is 0 Å².